The van der Waals surface area contributed by atoms with Crippen molar-refractivity contribution >= 4 is 41.7 Å². The number of aliphatic hydroxyl groups excluding tert-OH is 1. The number of hydrogen-bond acceptors (Lipinski definition) is 18. The minimum absolute atomic E-state index is 0.0379. The molecule has 19 nitrogen and oxygen atoms in total. The van der Waals surface area contributed by atoms with Gasteiger partial charge in [0.2, 0.25) is 6.10 Å². The lowest BCUT2D eigenvalue weighted by Gasteiger charge is -2.59. The number of rotatable bonds is 14. The van der Waals surface area contributed by atoms with Crippen LogP contribution in [0.5, 0.6) is 0 Å². The molecule has 73 heavy (non-hydrogen) atoms. The van der Waals surface area contributed by atoms with Crippen molar-refractivity contribution in [2.75, 3.05) is 26.4 Å². The third-order valence-electron chi connectivity index (χ3n) is 14.4. The molecule has 0 aromatic heterocycles. The number of benzene rings is 3. The summed E-state index contributed by atoms with van der Waals surface area (Å²) in [5.74, 6) is -7.64. The Hall–Kier alpha value is -6.51. The molecule has 0 spiro atoms. The van der Waals surface area contributed by atoms with Crippen LogP contribution >= 0.6 is 0 Å². The van der Waals surface area contributed by atoms with Crippen LogP contribution in [-0.2, 0) is 61.8 Å². The maximum atomic E-state index is 15.6. The molecule has 3 aromatic carbocycles. The average Bonchev–Trinajstić information content (AvgIpc) is 3.65. The summed E-state index contributed by atoms with van der Waals surface area (Å²) in [4.78, 5) is 97.9. The summed E-state index contributed by atoms with van der Waals surface area (Å²) in [6.07, 6.45) is -12.7. The van der Waals surface area contributed by atoms with Crippen LogP contribution in [0.25, 0.3) is 0 Å². The lowest BCUT2D eigenvalue weighted by molar-refractivity contribution is -0.221. The Bertz CT molecular complexity index is 2570. The normalized spacial score (nSPS) is 29.1. The fourth-order valence-corrected chi connectivity index (χ4v) is 10.4. The summed E-state index contributed by atoms with van der Waals surface area (Å²) in [5, 5.41) is 28.8. The van der Waals surface area contributed by atoms with E-state index in [1.54, 1.807) is 107 Å². The number of amides is 1. The summed E-state index contributed by atoms with van der Waals surface area (Å²) in [7, 11) is 0. The minimum Gasteiger partial charge on any atom is -0.463 e. The quantitative estimate of drug-likeness (QED) is 0.105. The molecule has 4 aliphatic rings. The molecule has 392 valence electrons. The van der Waals surface area contributed by atoms with Crippen molar-refractivity contribution < 1.29 is 86.4 Å². The molecule has 2 aliphatic heterocycles. The number of ether oxygens (including phenoxy) is 9. The highest BCUT2D eigenvalue weighted by atomic mass is 16.8. The van der Waals surface area contributed by atoms with Crippen molar-refractivity contribution in [2.24, 2.45) is 16.7 Å². The number of ketones is 1. The molecule has 7 rings (SSSR count). The third-order valence-corrected chi connectivity index (χ3v) is 14.4. The molecule has 2 heterocycles. The van der Waals surface area contributed by atoms with Gasteiger partial charge in [-0.3, -0.25) is 19.2 Å². The van der Waals surface area contributed by atoms with Crippen molar-refractivity contribution in [1.29, 1.82) is 0 Å². The van der Waals surface area contributed by atoms with Crippen molar-refractivity contribution in [3.63, 3.8) is 0 Å². The average molecular weight is 1010 g/mol. The van der Waals surface area contributed by atoms with Crippen LogP contribution < -0.4 is 5.32 Å². The molecule has 1 saturated carbocycles. The summed E-state index contributed by atoms with van der Waals surface area (Å²) < 4.78 is 52.8. The highest BCUT2D eigenvalue weighted by Gasteiger charge is 2.69. The first-order valence-electron chi connectivity index (χ1n) is 24.1. The summed E-state index contributed by atoms with van der Waals surface area (Å²) in [5.41, 5.74) is -5.45. The SMILES string of the molecule is CC(=O)OC[C@H]1C[C@H](O)[C@@]2(C)C(=O)[C@H](OC(C)=O)C3=C(C)[C@@H](OC(=O)[C@H](OC(=O)OCC4COC(C)(C)O4)[C@@H](NC(=O)c4ccccc4)c4ccccc4)C[C@@](O)([C@@H](OC(=O)c4ccccc4)[C@@H]2CO1)C3(C)C. The Morgan fingerprint density at radius 3 is 1.96 bits per heavy atom. The monoisotopic (exact) mass is 1010 g/mol. The van der Waals surface area contributed by atoms with E-state index in [-0.39, 0.29) is 48.5 Å². The predicted octanol–water partition coefficient (Wildman–Crippen LogP) is 5.30. The lowest BCUT2D eigenvalue weighted by Crippen LogP contribution is -2.70. The Kier molecular flexibility index (Phi) is 16.3. The van der Waals surface area contributed by atoms with Gasteiger partial charge in [-0.1, -0.05) is 80.6 Å². The number of carbonyl (C=O) groups excluding carboxylic acids is 7. The van der Waals surface area contributed by atoms with E-state index in [2.05, 4.69) is 5.32 Å². The van der Waals surface area contributed by atoms with Gasteiger partial charge in [-0.2, -0.15) is 0 Å². The zero-order valence-corrected chi connectivity index (χ0v) is 42.0. The van der Waals surface area contributed by atoms with Crippen LogP contribution in [0, 0.1) is 16.7 Å². The summed E-state index contributed by atoms with van der Waals surface area (Å²) >= 11 is 0. The van der Waals surface area contributed by atoms with Gasteiger partial charge in [0.15, 0.2) is 17.7 Å². The van der Waals surface area contributed by atoms with Crippen LogP contribution in [0.4, 0.5) is 4.79 Å². The van der Waals surface area contributed by atoms with Gasteiger partial charge in [0.05, 0.1) is 36.4 Å². The molecule has 19 heteroatoms. The third kappa shape index (κ3) is 11.5. The van der Waals surface area contributed by atoms with E-state index in [4.69, 9.17) is 42.6 Å². The fraction of sp³-hybridized carbons (Fsp3) is 0.500. The first-order valence-corrected chi connectivity index (χ1v) is 24.1. The summed E-state index contributed by atoms with van der Waals surface area (Å²) in [6, 6.07) is 22.6. The lowest BCUT2D eigenvalue weighted by atomic mass is 9.50. The van der Waals surface area contributed by atoms with E-state index in [1.807, 2.05) is 0 Å². The summed E-state index contributed by atoms with van der Waals surface area (Å²) in [6.45, 7) is 10.6. The van der Waals surface area contributed by atoms with Crippen LogP contribution in [0.1, 0.15) is 101 Å². The van der Waals surface area contributed by atoms with Crippen LogP contribution in [-0.4, -0.2) is 132 Å². The fourth-order valence-electron chi connectivity index (χ4n) is 10.4. The number of aliphatic hydroxyl groups is 2. The second-order valence-electron chi connectivity index (χ2n) is 20.0. The van der Waals surface area contributed by atoms with E-state index in [0.29, 0.717) is 5.56 Å². The molecule has 3 N–H and O–H groups in total. The Labute approximate surface area is 422 Å². The Balaban J connectivity index is 1.35. The molecule has 3 aromatic rings. The number of fused-ring (bicyclic) bond motifs is 3. The maximum absolute atomic E-state index is 15.6. The van der Waals surface area contributed by atoms with E-state index in [0.717, 1.165) is 6.92 Å². The van der Waals surface area contributed by atoms with Crippen LogP contribution in [0.2, 0.25) is 0 Å². The van der Waals surface area contributed by atoms with E-state index in [9.17, 15) is 34.2 Å². The maximum Gasteiger partial charge on any atom is 0.509 e. The smallest absolute Gasteiger partial charge is 0.463 e. The van der Waals surface area contributed by atoms with Gasteiger partial charge < -0.3 is 58.2 Å². The first kappa shape index (κ1) is 54.3. The molecular formula is C54H63NO18. The van der Waals surface area contributed by atoms with Crippen LogP contribution in [0.3, 0.4) is 0 Å². The molecule has 1 amide bonds. The van der Waals surface area contributed by atoms with Crippen molar-refractivity contribution in [1.82, 2.24) is 5.32 Å². The van der Waals surface area contributed by atoms with Crippen molar-refractivity contribution in [3.05, 3.63) is 119 Å². The zero-order chi connectivity index (χ0) is 53.0. The van der Waals surface area contributed by atoms with Gasteiger partial charge >= 0.3 is 30.0 Å². The molecule has 2 bridgehead atoms. The predicted molar refractivity (Wildman–Crippen MR) is 255 cm³/mol. The molecule has 11 atom stereocenters. The molecule has 1 unspecified atom stereocenters. The molecular weight excluding hydrogens is 951 g/mol. The minimum atomic E-state index is -2.40. The largest absolute Gasteiger partial charge is 0.509 e. The Morgan fingerprint density at radius 2 is 1.37 bits per heavy atom. The van der Waals surface area contributed by atoms with E-state index >= 15 is 9.59 Å². The molecule has 0 radical (unpaired) electrons. The Morgan fingerprint density at radius 1 is 0.767 bits per heavy atom. The second-order valence-corrected chi connectivity index (χ2v) is 20.0. The molecule has 2 aliphatic carbocycles. The number of nitrogens with one attached hydrogen (secondary N) is 1. The van der Waals surface area contributed by atoms with Crippen LogP contribution in [0.15, 0.2) is 102 Å². The van der Waals surface area contributed by atoms with Gasteiger partial charge in [-0.05, 0) is 68.7 Å². The topological polar surface area (TPSA) is 255 Å². The van der Waals surface area contributed by atoms with E-state index in [1.165, 1.54) is 32.9 Å². The second kappa shape index (κ2) is 21.9. The zero-order valence-electron chi connectivity index (χ0n) is 42.0. The highest BCUT2D eigenvalue weighted by molar-refractivity contribution is 5.96. The van der Waals surface area contributed by atoms with Crippen molar-refractivity contribution in [2.45, 2.75) is 128 Å². The number of carbonyl (C=O) groups is 7. The van der Waals surface area contributed by atoms with Gasteiger partial charge in [-0.25, -0.2) is 14.4 Å². The first-order chi connectivity index (χ1) is 34.5. The van der Waals surface area contributed by atoms with Crippen molar-refractivity contribution in [3.8, 4) is 0 Å². The van der Waals surface area contributed by atoms with Gasteiger partial charge in [0, 0.05) is 43.6 Å². The van der Waals surface area contributed by atoms with Gasteiger partial charge in [0.25, 0.3) is 5.91 Å². The highest BCUT2D eigenvalue weighted by Crippen LogP contribution is 2.59. The number of Topliss-reactive ketones (excluding diaryl/α,β-unsaturated/α-hetero) is 1. The van der Waals surface area contributed by atoms with Gasteiger partial charge in [0.1, 0.15) is 43.2 Å². The molecule has 3 fully saturated rings. The standard InChI is InChI=1S/C54H63NO18/c1-30-39(70-49(62)44(71-50(63)67-27-37-28-68-52(6,7)73-37)42(33-18-12-9-13-19-33)55-47(60)34-20-14-10-15-21-34)25-54(64)46(72-48(61)35-22-16-11-17-23-35)38-29-66-36(26-65-31(2)56)24-40(58)53(38,8)45(59)43(69-32(3)57)41(30)51(54,4)5/h9-23,36-40,42-44,46,58,64H,24-29H2,1-8H3,(H,55,60)/t36-,37?,38+,39+,40+,42+,43-,44-,46+,53+,54-/m1/s1. The molecule has 2 saturated heterocycles. The van der Waals surface area contributed by atoms with E-state index < -0.39 is 132 Å². The van der Waals surface area contributed by atoms with Gasteiger partial charge in [-0.15, -0.1) is 0 Å². The number of esters is 4. The number of hydrogen-bond donors (Lipinski definition) is 3.